The van der Waals surface area contributed by atoms with Crippen LogP contribution in [0.4, 0.5) is 5.00 Å². The van der Waals surface area contributed by atoms with Gasteiger partial charge in [0, 0.05) is 16.5 Å². The summed E-state index contributed by atoms with van der Waals surface area (Å²) in [7, 11) is 2.17. The SMILES string of the molecule is C[C@@H]([C@@H]1CCCN1C)n1nnc2cnc(-c3noc4c3CCC[C@@]43CCCc4sc(N)c(C#N)c43)nc21. The van der Waals surface area contributed by atoms with Crippen LogP contribution in [-0.2, 0) is 18.3 Å². The molecule has 0 bridgehead atoms. The highest BCUT2D eigenvalue weighted by molar-refractivity contribution is 7.16. The number of aromatic nitrogens is 6. The summed E-state index contributed by atoms with van der Waals surface area (Å²) in [5.74, 6) is 1.40. The first-order valence-electron chi connectivity index (χ1n) is 13.1. The Hall–Kier alpha value is -3.36. The van der Waals surface area contributed by atoms with Crippen molar-refractivity contribution in [3.63, 3.8) is 0 Å². The second-order valence-corrected chi connectivity index (χ2v) is 11.9. The minimum absolute atomic E-state index is 0.142. The molecule has 0 amide bonds. The zero-order chi connectivity index (χ0) is 25.3. The molecule has 1 saturated heterocycles. The lowest BCUT2D eigenvalue weighted by molar-refractivity contribution is 0.230. The van der Waals surface area contributed by atoms with Gasteiger partial charge < -0.3 is 15.2 Å². The van der Waals surface area contributed by atoms with Gasteiger partial charge in [-0.25, -0.2) is 14.6 Å². The number of nitriles is 1. The predicted octanol–water partition coefficient (Wildman–Crippen LogP) is 4.01. The molecular weight excluding hydrogens is 486 g/mol. The highest BCUT2D eigenvalue weighted by Crippen LogP contribution is 2.55. The molecule has 4 aromatic rings. The summed E-state index contributed by atoms with van der Waals surface area (Å²) in [6.45, 7) is 3.28. The summed E-state index contributed by atoms with van der Waals surface area (Å²) in [6, 6.07) is 2.92. The minimum Gasteiger partial charge on any atom is -0.389 e. The van der Waals surface area contributed by atoms with Gasteiger partial charge >= 0.3 is 0 Å². The zero-order valence-electron chi connectivity index (χ0n) is 21.1. The van der Waals surface area contributed by atoms with Gasteiger partial charge in [-0.05, 0) is 77.4 Å². The third-order valence-electron chi connectivity index (χ3n) is 8.81. The van der Waals surface area contributed by atoms with Crippen molar-refractivity contribution < 1.29 is 4.52 Å². The van der Waals surface area contributed by atoms with Gasteiger partial charge in [-0.15, -0.1) is 16.4 Å². The highest BCUT2D eigenvalue weighted by atomic mass is 32.1. The second kappa shape index (κ2) is 8.33. The van der Waals surface area contributed by atoms with Crippen LogP contribution in [0.5, 0.6) is 0 Å². The molecule has 7 rings (SSSR count). The summed E-state index contributed by atoms with van der Waals surface area (Å²) in [5.41, 5.74) is 10.7. The lowest BCUT2D eigenvalue weighted by Crippen LogP contribution is -2.35. The van der Waals surface area contributed by atoms with Gasteiger partial charge in [0.15, 0.2) is 28.4 Å². The molecule has 3 aliphatic rings. The van der Waals surface area contributed by atoms with E-state index in [2.05, 4.69) is 45.4 Å². The van der Waals surface area contributed by atoms with E-state index in [9.17, 15) is 5.26 Å². The van der Waals surface area contributed by atoms with Crippen LogP contribution in [0.25, 0.3) is 22.7 Å². The summed E-state index contributed by atoms with van der Waals surface area (Å²) >= 11 is 1.55. The van der Waals surface area contributed by atoms with Crippen molar-refractivity contribution in [1.29, 1.82) is 5.26 Å². The maximum atomic E-state index is 9.95. The number of hydrogen-bond donors (Lipinski definition) is 1. The van der Waals surface area contributed by atoms with E-state index in [1.807, 2.05) is 4.68 Å². The molecule has 3 atom stereocenters. The fourth-order valence-electron chi connectivity index (χ4n) is 7.06. The van der Waals surface area contributed by atoms with E-state index in [4.69, 9.17) is 15.2 Å². The summed E-state index contributed by atoms with van der Waals surface area (Å²) in [5, 5.41) is 23.9. The van der Waals surface area contributed by atoms with E-state index in [0.29, 0.717) is 33.6 Å². The topological polar surface area (TPSA) is 136 Å². The summed E-state index contributed by atoms with van der Waals surface area (Å²) < 4.78 is 8.08. The van der Waals surface area contributed by atoms with E-state index in [-0.39, 0.29) is 11.5 Å². The van der Waals surface area contributed by atoms with Gasteiger partial charge in [-0.2, -0.15) is 5.26 Å². The van der Waals surface area contributed by atoms with Crippen LogP contribution in [0.1, 0.15) is 78.8 Å². The van der Waals surface area contributed by atoms with Crippen molar-refractivity contribution >= 4 is 27.5 Å². The average Bonchev–Trinajstić information content (AvgIpc) is 3.68. The number of fused-ring (bicyclic) bond motifs is 5. The first kappa shape index (κ1) is 22.8. The number of hydrogen-bond acceptors (Lipinski definition) is 10. The van der Waals surface area contributed by atoms with E-state index in [1.54, 1.807) is 17.5 Å². The minimum atomic E-state index is -0.361. The number of nitrogens with zero attached hydrogens (tertiary/aromatic N) is 8. The molecule has 4 aromatic heterocycles. The molecule has 2 aliphatic carbocycles. The number of likely N-dealkylation sites (N-methyl/N-ethyl adjacent to an activating group) is 1. The molecule has 1 aliphatic heterocycles. The Balaban J connectivity index is 1.33. The first-order chi connectivity index (χ1) is 18.0. The average molecular weight is 516 g/mol. The smallest absolute Gasteiger partial charge is 0.184 e. The zero-order valence-corrected chi connectivity index (χ0v) is 21.9. The normalized spacial score (nSPS) is 24.3. The van der Waals surface area contributed by atoms with Crippen LogP contribution in [0.3, 0.4) is 0 Å². The number of thiophene rings is 1. The van der Waals surface area contributed by atoms with Crippen molar-refractivity contribution in [2.24, 2.45) is 0 Å². The lowest BCUT2D eigenvalue weighted by atomic mass is 9.63. The van der Waals surface area contributed by atoms with Crippen molar-refractivity contribution in [1.82, 2.24) is 35.0 Å². The standard InChI is InChI=1S/C26H29N9OS/c1-14(18-7-5-11-34(18)2)35-25-17(31-33-35)13-29-24(30-25)21-15-6-3-9-26(22(15)36-32-21)10-4-8-19-20(26)16(12-27)23(28)37-19/h13-14,18H,3-11,28H2,1-2H3/t14-,18-,26-/m0/s1. The number of likely N-dealkylation sites (tertiary alicyclic amines) is 1. The molecule has 10 nitrogen and oxygen atoms in total. The van der Waals surface area contributed by atoms with Crippen molar-refractivity contribution in [2.75, 3.05) is 19.3 Å². The van der Waals surface area contributed by atoms with Crippen LogP contribution in [0.15, 0.2) is 10.7 Å². The molecule has 0 radical (unpaired) electrons. The molecule has 1 spiro atoms. The van der Waals surface area contributed by atoms with E-state index >= 15 is 0 Å². The van der Waals surface area contributed by atoms with E-state index in [0.717, 1.165) is 74.0 Å². The second-order valence-electron chi connectivity index (χ2n) is 10.7. The van der Waals surface area contributed by atoms with E-state index < -0.39 is 0 Å². The number of anilines is 1. The Morgan fingerprint density at radius 1 is 1.27 bits per heavy atom. The summed E-state index contributed by atoms with van der Waals surface area (Å²) in [6.07, 6.45) is 9.72. The molecule has 0 unspecified atom stereocenters. The first-order valence-corrected chi connectivity index (χ1v) is 13.9. The van der Waals surface area contributed by atoms with Crippen LogP contribution in [-0.4, -0.2) is 54.7 Å². The molecule has 1 fully saturated rings. The Kier molecular flexibility index (Phi) is 5.13. The predicted molar refractivity (Wildman–Crippen MR) is 139 cm³/mol. The van der Waals surface area contributed by atoms with Crippen molar-refractivity contribution in [2.45, 2.75) is 75.8 Å². The molecule has 0 saturated carbocycles. The number of nitrogens with two attached hydrogens (primary N) is 1. The molecule has 0 aromatic carbocycles. The van der Waals surface area contributed by atoms with Gasteiger partial charge in [0.05, 0.1) is 23.2 Å². The third kappa shape index (κ3) is 3.21. The molecule has 37 heavy (non-hydrogen) atoms. The van der Waals surface area contributed by atoms with Gasteiger partial charge in [-0.1, -0.05) is 10.4 Å². The Morgan fingerprint density at radius 2 is 2.11 bits per heavy atom. The Labute approximate surface area is 218 Å². The van der Waals surface area contributed by atoms with Crippen molar-refractivity contribution in [3.05, 3.63) is 33.5 Å². The van der Waals surface area contributed by atoms with Crippen LogP contribution in [0.2, 0.25) is 0 Å². The maximum absolute atomic E-state index is 9.95. The number of nitrogen functional groups attached to an aromatic ring is 1. The maximum Gasteiger partial charge on any atom is 0.184 e. The van der Waals surface area contributed by atoms with Gasteiger partial charge in [0.2, 0.25) is 0 Å². The third-order valence-corrected chi connectivity index (χ3v) is 9.89. The Bertz CT molecular complexity index is 1560. The molecule has 5 heterocycles. The number of rotatable bonds is 3. The molecule has 11 heteroatoms. The Morgan fingerprint density at radius 3 is 2.89 bits per heavy atom. The van der Waals surface area contributed by atoms with Gasteiger partial charge in [0.1, 0.15) is 11.1 Å². The van der Waals surface area contributed by atoms with Crippen LogP contribution < -0.4 is 5.73 Å². The molecule has 190 valence electrons. The molecular formula is C26H29N9OS. The van der Waals surface area contributed by atoms with Gasteiger partial charge in [-0.3, -0.25) is 0 Å². The van der Waals surface area contributed by atoms with Crippen LogP contribution >= 0.6 is 11.3 Å². The number of aryl methyl sites for hydroxylation is 1. The van der Waals surface area contributed by atoms with Gasteiger partial charge in [0.25, 0.3) is 0 Å². The van der Waals surface area contributed by atoms with Crippen molar-refractivity contribution in [3.8, 4) is 17.6 Å². The fraction of sp³-hybridized carbons (Fsp3) is 0.538. The highest BCUT2D eigenvalue weighted by Gasteiger charge is 2.48. The monoisotopic (exact) mass is 515 g/mol. The largest absolute Gasteiger partial charge is 0.389 e. The lowest BCUT2D eigenvalue weighted by Gasteiger charge is -2.39. The van der Waals surface area contributed by atoms with E-state index in [1.165, 1.54) is 11.3 Å². The summed E-state index contributed by atoms with van der Waals surface area (Å²) in [4.78, 5) is 13.2. The fourth-order valence-corrected chi connectivity index (χ4v) is 8.22. The van der Waals surface area contributed by atoms with Crippen LogP contribution in [0, 0.1) is 11.3 Å². The molecule has 2 N–H and O–H groups in total. The quantitative estimate of drug-likeness (QED) is 0.429.